The maximum Gasteiger partial charge on any atom is 0.319 e. The van der Waals surface area contributed by atoms with Gasteiger partial charge in [0.15, 0.2) is 0 Å². The molecule has 1 atom stereocenters. The van der Waals surface area contributed by atoms with Crippen LogP contribution in [0.3, 0.4) is 0 Å². The number of carbonyl (C=O) groups is 1. The quantitative estimate of drug-likeness (QED) is 0.782. The average Bonchev–Trinajstić information content (AvgIpc) is 3.23. The van der Waals surface area contributed by atoms with Gasteiger partial charge in [0, 0.05) is 5.02 Å². The van der Waals surface area contributed by atoms with Crippen molar-refractivity contribution in [1.29, 1.82) is 0 Å². The Morgan fingerprint density at radius 1 is 1.55 bits per heavy atom. The smallest absolute Gasteiger partial charge is 0.319 e. The SMILES string of the molecule is COc1ccc(Cl)cc1NC(=O)NC(C)(CO)C1CC1. The second-order valence-electron chi connectivity index (χ2n) is 5.27. The number of halogens is 1. The van der Waals surface area contributed by atoms with Crippen LogP contribution < -0.4 is 15.4 Å². The maximum absolute atomic E-state index is 12.1. The molecule has 1 aromatic rings. The highest BCUT2D eigenvalue weighted by atomic mass is 35.5. The number of methoxy groups -OCH3 is 1. The van der Waals surface area contributed by atoms with Gasteiger partial charge >= 0.3 is 6.03 Å². The Morgan fingerprint density at radius 2 is 2.25 bits per heavy atom. The lowest BCUT2D eigenvalue weighted by molar-refractivity contribution is 0.159. The van der Waals surface area contributed by atoms with E-state index in [0.29, 0.717) is 22.4 Å². The van der Waals surface area contributed by atoms with Gasteiger partial charge in [-0.3, -0.25) is 0 Å². The maximum atomic E-state index is 12.1. The van der Waals surface area contributed by atoms with E-state index in [0.717, 1.165) is 12.8 Å². The van der Waals surface area contributed by atoms with Gasteiger partial charge in [-0.1, -0.05) is 11.6 Å². The number of ether oxygens (including phenoxy) is 1. The van der Waals surface area contributed by atoms with E-state index >= 15 is 0 Å². The van der Waals surface area contributed by atoms with E-state index in [9.17, 15) is 9.90 Å². The molecule has 20 heavy (non-hydrogen) atoms. The van der Waals surface area contributed by atoms with Gasteiger partial charge in [-0.05, 0) is 43.9 Å². The minimum atomic E-state index is -0.587. The lowest BCUT2D eigenvalue weighted by Gasteiger charge is -2.28. The average molecular weight is 299 g/mol. The number of hydrogen-bond donors (Lipinski definition) is 3. The van der Waals surface area contributed by atoms with Crippen LogP contribution in [-0.4, -0.2) is 30.4 Å². The van der Waals surface area contributed by atoms with Crippen LogP contribution in [0.2, 0.25) is 5.02 Å². The van der Waals surface area contributed by atoms with Crippen molar-refractivity contribution < 1.29 is 14.6 Å². The largest absolute Gasteiger partial charge is 0.495 e. The summed E-state index contributed by atoms with van der Waals surface area (Å²) in [5.41, 5.74) is -0.0933. The van der Waals surface area contributed by atoms with Crippen molar-refractivity contribution in [2.75, 3.05) is 19.0 Å². The standard InChI is InChI=1S/C14H19ClN2O3/c1-14(8-18,9-3-4-9)17-13(19)16-11-7-10(15)5-6-12(11)20-2/h5-7,9,18H,3-4,8H2,1-2H3,(H2,16,17,19). The van der Waals surface area contributed by atoms with Crippen LogP contribution in [0.5, 0.6) is 5.75 Å². The van der Waals surface area contributed by atoms with Crippen LogP contribution in [-0.2, 0) is 0 Å². The number of amides is 2. The van der Waals surface area contributed by atoms with Crippen molar-refractivity contribution in [3.05, 3.63) is 23.2 Å². The lowest BCUT2D eigenvalue weighted by atomic mass is 9.97. The molecule has 1 fully saturated rings. The third-order valence-corrected chi connectivity index (χ3v) is 3.85. The Balaban J connectivity index is 2.06. The van der Waals surface area contributed by atoms with Crippen molar-refractivity contribution in [1.82, 2.24) is 5.32 Å². The van der Waals surface area contributed by atoms with Gasteiger partial charge in [0.2, 0.25) is 0 Å². The Labute approximate surface area is 123 Å². The molecule has 0 bridgehead atoms. The Hall–Kier alpha value is -1.46. The third kappa shape index (κ3) is 3.35. The summed E-state index contributed by atoms with van der Waals surface area (Å²) in [6.45, 7) is 1.76. The molecule has 0 saturated heterocycles. The molecule has 1 saturated carbocycles. The summed E-state index contributed by atoms with van der Waals surface area (Å²) in [5.74, 6) is 0.862. The van der Waals surface area contributed by atoms with E-state index in [1.807, 2.05) is 6.92 Å². The summed E-state index contributed by atoms with van der Waals surface area (Å²) in [5, 5.41) is 15.5. The van der Waals surface area contributed by atoms with Gasteiger partial charge < -0.3 is 20.5 Å². The minimum absolute atomic E-state index is 0.0855. The third-order valence-electron chi connectivity index (χ3n) is 3.62. The van der Waals surface area contributed by atoms with Gasteiger partial charge in [0.05, 0.1) is 24.9 Å². The molecule has 2 rings (SSSR count). The number of benzene rings is 1. The normalized spacial score (nSPS) is 17.2. The molecule has 2 amide bonds. The molecular weight excluding hydrogens is 280 g/mol. The van der Waals surface area contributed by atoms with Gasteiger partial charge in [0.25, 0.3) is 0 Å². The number of nitrogens with one attached hydrogen (secondary N) is 2. The first-order valence-corrected chi connectivity index (χ1v) is 6.90. The fourth-order valence-corrected chi connectivity index (χ4v) is 2.35. The summed E-state index contributed by atoms with van der Waals surface area (Å²) in [7, 11) is 1.52. The second-order valence-corrected chi connectivity index (χ2v) is 5.71. The molecule has 6 heteroatoms. The summed E-state index contributed by atoms with van der Waals surface area (Å²) < 4.78 is 5.17. The number of urea groups is 1. The topological polar surface area (TPSA) is 70.6 Å². The molecule has 1 aromatic carbocycles. The Morgan fingerprint density at radius 3 is 2.80 bits per heavy atom. The molecule has 110 valence electrons. The Bertz CT molecular complexity index is 505. The second kappa shape index (κ2) is 5.89. The first-order valence-electron chi connectivity index (χ1n) is 6.52. The van der Waals surface area contributed by atoms with E-state index in [1.54, 1.807) is 18.2 Å². The fourth-order valence-electron chi connectivity index (χ4n) is 2.18. The predicted octanol–water partition coefficient (Wildman–Crippen LogP) is 2.63. The summed E-state index contributed by atoms with van der Waals surface area (Å²) >= 11 is 5.91. The molecule has 3 N–H and O–H groups in total. The number of rotatable bonds is 5. The molecule has 1 unspecified atom stereocenters. The van der Waals surface area contributed by atoms with Crippen molar-refractivity contribution in [2.45, 2.75) is 25.3 Å². The van der Waals surface area contributed by atoms with E-state index in [1.165, 1.54) is 7.11 Å². The van der Waals surface area contributed by atoms with Crippen LogP contribution in [0.25, 0.3) is 0 Å². The molecule has 0 aromatic heterocycles. The molecule has 0 spiro atoms. The number of anilines is 1. The van der Waals surface area contributed by atoms with Crippen LogP contribution in [0.15, 0.2) is 18.2 Å². The molecule has 0 radical (unpaired) electrons. The zero-order chi connectivity index (χ0) is 14.8. The van der Waals surface area contributed by atoms with Crippen molar-refractivity contribution in [3.63, 3.8) is 0 Å². The van der Waals surface area contributed by atoms with E-state index in [-0.39, 0.29) is 12.6 Å². The molecular formula is C14H19ClN2O3. The molecule has 0 heterocycles. The highest BCUT2D eigenvalue weighted by Crippen LogP contribution is 2.39. The molecule has 5 nitrogen and oxygen atoms in total. The highest BCUT2D eigenvalue weighted by Gasteiger charge is 2.42. The lowest BCUT2D eigenvalue weighted by Crippen LogP contribution is -2.52. The molecule has 1 aliphatic rings. The first kappa shape index (κ1) is 14.9. The summed E-state index contributed by atoms with van der Waals surface area (Å²) in [4.78, 5) is 12.1. The van der Waals surface area contributed by atoms with Gasteiger partial charge in [-0.2, -0.15) is 0 Å². The number of hydrogen-bond acceptors (Lipinski definition) is 3. The van der Waals surface area contributed by atoms with Gasteiger partial charge in [-0.25, -0.2) is 4.79 Å². The van der Waals surface area contributed by atoms with E-state index in [4.69, 9.17) is 16.3 Å². The van der Waals surface area contributed by atoms with Crippen LogP contribution in [0, 0.1) is 5.92 Å². The van der Waals surface area contributed by atoms with Crippen molar-refractivity contribution in [2.24, 2.45) is 5.92 Å². The first-order chi connectivity index (χ1) is 9.48. The number of aliphatic hydroxyl groups excluding tert-OH is 1. The molecule has 0 aliphatic heterocycles. The monoisotopic (exact) mass is 298 g/mol. The van der Waals surface area contributed by atoms with Crippen molar-refractivity contribution >= 4 is 23.3 Å². The number of carbonyl (C=O) groups excluding carboxylic acids is 1. The van der Waals surface area contributed by atoms with Gasteiger partial charge in [-0.15, -0.1) is 0 Å². The summed E-state index contributed by atoms with van der Waals surface area (Å²) in [6, 6.07) is 4.61. The zero-order valence-corrected chi connectivity index (χ0v) is 12.3. The van der Waals surface area contributed by atoms with Gasteiger partial charge in [0.1, 0.15) is 5.75 Å². The van der Waals surface area contributed by atoms with Crippen LogP contribution >= 0.6 is 11.6 Å². The minimum Gasteiger partial charge on any atom is -0.495 e. The van der Waals surface area contributed by atoms with Crippen LogP contribution in [0.4, 0.5) is 10.5 Å². The zero-order valence-electron chi connectivity index (χ0n) is 11.6. The van der Waals surface area contributed by atoms with Crippen molar-refractivity contribution in [3.8, 4) is 5.75 Å². The number of aliphatic hydroxyl groups is 1. The van der Waals surface area contributed by atoms with Crippen LogP contribution in [0.1, 0.15) is 19.8 Å². The summed E-state index contributed by atoms with van der Waals surface area (Å²) in [6.07, 6.45) is 2.05. The predicted molar refractivity (Wildman–Crippen MR) is 78.4 cm³/mol. The van der Waals surface area contributed by atoms with E-state index in [2.05, 4.69) is 10.6 Å². The Kier molecular flexibility index (Phi) is 4.40. The molecule has 1 aliphatic carbocycles. The highest BCUT2D eigenvalue weighted by molar-refractivity contribution is 6.31. The fraction of sp³-hybridized carbons (Fsp3) is 0.500. The van der Waals surface area contributed by atoms with E-state index < -0.39 is 5.54 Å².